The van der Waals surface area contributed by atoms with Gasteiger partial charge in [-0.25, -0.2) is 0 Å². The Morgan fingerprint density at radius 2 is 1.90 bits per heavy atom. The van der Waals surface area contributed by atoms with E-state index in [9.17, 15) is 5.26 Å². The Bertz CT molecular complexity index is 647. The highest BCUT2D eigenvalue weighted by Gasteiger charge is 2.17. The fourth-order valence-electron chi connectivity index (χ4n) is 2.15. The van der Waals surface area contributed by atoms with Crippen molar-refractivity contribution in [2.45, 2.75) is 27.7 Å². The van der Waals surface area contributed by atoms with Crippen molar-refractivity contribution in [1.82, 2.24) is 15.0 Å². The summed E-state index contributed by atoms with van der Waals surface area (Å²) in [6.07, 6.45) is 0. The maximum atomic E-state index is 9.25. The minimum absolute atomic E-state index is 0.370. The summed E-state index contributed by atoms with van der Waals surface area (Å²) in [5.74, 6) is 0.651. The van der Waals surface area contributed by atoms with Crippen molar-refractivity contribution in [1.29, 1.82) is 5.26 Å². The maximum absolute atomic E-state index is 9.25. The van der Waals surface area contributed by atoms with Crippen LogP contribution >= 0.6 is 0 Å². The van der Waals surface area contributed by atoms with Crippen molar-refractivity contribution in [3.05, 3.63) is 35.0 Å². The Kier molecular flexibility index (Phi) is 4.04. The molecule has 0 aliphatic rings. The highest BCUT2D eigenvalue weighted by atomic mass is 15.5. The van der Waals surface area contributed by atoms with Gasteiger partial charge in [-0.3, -0.25) is 0 Å². The number of hydrogen-bond donors (Lipinski definition) is 0. The van der Waals surface area contributed by atoms with Crippen molar-refractivity contribution in [3.63, 3.8) is 0 Å². The first kappa shape index (κ1) is 14.1. The van der Waals surface area contributed by atoms with Crippen molar-refractivity contribution in [2.75, 3.05) is 18.0 Å². The fraction of sp³-hybridized carbons (Fsp3) is 0.400. The van der Waals surface area contributed by atoms with Gasteiger partial charge in [-0.2, -0.15) is 5.26 Å². The minimum Gasteiger partial charge on any atom is -0.353 e. The molecular weight excluding hydrogens is 250 g/mol. The second kappa shape index (κ2) is 5.74. The molecule has 1 heterocycles. The lowest BCUT2D eigenvalue weighted by Crippen LogP contribution is -2.23. The molecule has 20 heavy (non-hydrogen) atoms. The van der Waals surface area contributed by atoms with Crippen molar-refractivity contribution in [3.8, 4) is 11.8 Å². The van der Waals surface area contributed by atoms with Gasteiger partial charge in [0.05, 0.1) is 5.69 Å². The summed E-state index contributed by atoms with van der Waals surface area (Å²) < 4.78 is 0. The molecule has 0 saturated carbocycles. The Labute approximate surface area is 119 Å². The van der Waals surface area contributed by atoms with Gasteiger partial charge in [0.15, 0.2) is 5.82 Å². The van der Waals surface area contributed by atoms with Crippen LogP contribution in [-0.4, -0.2) is 28.1 Å². The zero-order valence-electron chi connectivity index (χ0n) is 12.4. The number of aryl methyl sites for hydroxylation is 2. The SMILES string of the molecule is CCN(CC)c1nn(-c2cc(C)ccc2C)nc1C#N. The van der Waals surface area contributed by atoms with Gasteiger partial charge in [-0.15, -0.1) is 15.0 Å². The molecule has 0 bridgehead atoms. The smallest absolute Gasteiger partial charge is 0.207 e. The van der Waals surface area contributed by atoms with Gasteiger partial charge in [0, 0.05) is 13.1 Å². The molecule has 1 aromatic heterocycles. The second-order valence-corrected chi connectivity index (χ2v) is 4.74. The molecule has 0 radical (unpaired) electrons. The molecule has 2 aromatic rings. The first-order chi connectivity index (χ1) is 9.60. The van der Waals surface area contributed by atoms with Crippen LogP contribution in [-0.2, 0) is 0 Å². The summed E-state index contributed by atoms with van der Waals surface area (Å²) in [5, 5.41) is 18.1. The zero-order chi connectivity index (χ0) is 14.7. The van der Waals surface area contributed by atoms with Gasteiger partial charge in [-0.1, -0.05) is 12.1 Å². The predicted octanol–water partition coefficient (Wildman–Crippen LogP) is 2.60. The van der Waals surface area contributed by atoms with Crippen molar-refractivity contribution in [2.24, 2.45) is 0 Å². The minimum atomic E-state index is 0.370. The molecule has 0 unspecified atom stereocenters. The van der Waals surface area contributed by atoms with Crippen LogP contribution in [0.15, 0.2) is 18.2 Å². The van der Waals surface area contributed by atoms with Crippen LogP contribution in [0.4, 0.5) is 5.82 Å². The van der Waals surface area contributed by atoms with E-state index in [1.165, 1.54) is 0 Å². The van der Waals surface area contributed by atoms with Crippen LogP contribution < -0.4 is 4.90 Å². The van der Waals surface area contributed by atoms with E-state index in [0.29, 0.717) is 11.5 Å². The molecule has 0 aliphatic heterocycles. The van der Waals surface area contributed by atoms with Crippen LogP contribution in [0, 0.1) is 25.2 Å². The number of anilines is 1. The first-order valence-corrected chi connectivity index (χ1v) is 6.80. The van der Waals surface area contributed by atoms with E-state index in [1.807, 2.05) is 44.7 Å². The monoisotopic (exact) mass is 269 g/mol. The predicted molar refractivity (Wildman–Crippen MR) is 79.1 cm³/mol. The molecule has 0 saturated heterocycles. The topological polar surface area (TPSA) is 57.7 Å². The summed E-state index contributed by atoms with van der Waals surface area (Å²) in [5.41, 5.74) is 3.52. The molecule has 0 atom stereocenters. The van der Waals surface area contributed by atoms with Gasteiger partial charge in [-0.05, 0) is 44.9 Å². The van der Waals surface area contributed by atoms with Gasteiger partial charge in [0.1, 0.15) is 6.07 Å². The summed E-state index contributed by atoms with van der Waals surface area (Å²) in [4.78, 5) is 3.60. The van der Waals surface area contributed by atoms with Gasteiger partial charge >= 0.3 is 0 Å². The number of nitriles is 1. The number of rotatable bonds is 4. The number of nitrogens with zero attached hydrogens (tertiary/aromatic N) is 5. The van der Waals surface area contributed by atoms with Gasteiger partial charge in [0.25, 0.3) is 0 Å². The van der Waals surface area contributed by atoms with Crippen molar-refractivity contribution < 1.29 is 0 Å². The quantitative estimate of drug-likeness (QED) is 0.856. The van der Waals surface area contributed by atoms with Crippen LogP contribution in [0.5, 0.6) is 0 Å². The standard InChI is InChI=1S/C15H19N5/c1-5-19(6-2)15-13(10-16)17-20(18-15)14-9-11(3)7-8-12(14)4/h7-9H,5-6H2,1-4H3. The third-order valence-electron chi connectivity index (χ3n) is 3.34. The third-order valence-corrected chi connectivity index (χ3v) is 3.34. The summed E-state index contributed by atoms with van der Waals surface area (Å²) >= 11 is 0. The van der Waals surface area contributed by atoms with E-state index in [1.54, 1.807) is 4.80 Å². The summed E-state index contributed by atoms with van der Waals surface area (Å²) in [6, 6.07) is 8.26. The normalized spacial score (nSPS) is 10.3. The molecular formula is C15H19N5. The molecule has 0 N–H and O–H groups in total. The van der Waals surface area contributed by atoms with Crippen LogP contribution in [0.3, 0.4) is 0 Å². The second-order valence-electron chi connectivity index (χ2n) is 4.74. The van der Waals surface area contributed by atoms with E-state index >= 15 is 0 Å². The summed E-state index contributed by atoms with van der Waals surface area (Å²) in [6.45, 7) is 9.74. The molecule has 0 fully saturated rings. The van der Waals surface area contributed by atoms with Crippen LogP contribution in [0.25, 0.3) is 5.69 Å². The van der Waals surface area contributed by atoms with Gasteiger partial charge in [0.2, 0.25) is 5.69 Å². The molecule has 0 amide bonds. The Morgan fingerprint density at radius 1 is 1.20 bits per heavy atom. The average molecular weight is 269 g/mol. The fourth-order valence-corrected chi connectivity index (χ4v) is 2.15. The van der Waals surface area contributed by atoms with E-state index in [2.05, 4.69) is 22.3 Å². The van der Waals surface area contributed by atoms with Crippen molar-refractivity contribution >= 4 is 5.82 Å². The number of aromatic nitrogens is 3. The first-order valence-electron chi connectivity index (χ1n) is 6.80. The van der Waals surface area contributed by atoms with Crippen LogP contribution in [0.1, 0.15) is 30.7 Å². The van der Waals surface area contributed by atoms with E-state index in [4.69, 9.17) is 0 Å². The lowest BCUT2D eigenvalue weighted by molar-refractivity contribution is 0.733. The molecule has 104 valence electrons. The highest BCUT2D eigenvalue weighted by molar-refractivity contribution is 5.51. The third kappa shape index (κ3) is 2.50. The lowest BCUT2D eigenvalue weighted by Gasteiger charge is -2.16. The lowest BCUT2D eigenvalue weighted by atomic mass is 10.1. The number of benzene rings is 1. The summed E-state index contributed by atoms with van der Waals surface area (Å²) in [7, 11) is 0. The maximum Gasteiger partial charge on any atom is 0.207 e. The Morgan fingerprint density at radius 3 is 2.50 bits per heavy atom. The van der Waals surface area contributed by atoms with Gasteiger partial charge < -0.3 is 4.90 Å². The van der Waals surface area contributed by atoms with Crippen LogP contribution in [0.2, 0.25) is 0 Å². The number of hydrogen-bond acceptors (Lipinski definition) is 4. The molecule has 2 rings (SSSR count). The Hall–Kier alpha value is -2.35. The average Bonchev–Trinajstić information content (AvgIpc) is 2.87. The zero-order valence-corrected chi connectivity index (χ0v) is 12.4. The largest absolute Gasteiger partial charge is 0.353 e. The van der Waals surface area contributed by atoms with E-state index < -0.39 is 0 Å². The molecule has 0 aliphatic carbocycles. The highest BCUT2D eigenvalue weighted by Crippen LogP contribution is 2.19. The molecule has 0 spiro atoms. The Balaban J connectivity index is 2.54. The van der Waals surface area contributed by atoms with E-state index in [0.717, 1.165) is 29.9 Å². The van der Waals surface area contributed by atoms with E-state index in [-0.39, 0.29) is 0 Å². The molecule has 1 aromatic carbocycles. The molecule has 5 nitrogen and oxygen atoms in total. The molecule has 5 heteroatoms.